The molecule has 2 heterocycles. The van der Waals surface area contributed by atoms with Crippen molar-refractivity contribution in [3.8, 4) is 11.1 Å². The molecule has 1 aliphatic heterocycles. The van der Waals surface area contributed by atoms with Crippen LogP contribution in [0, 0.1) is 0 Å². The van der Waals surface area contributed by atoms with Crippen LogP contribution < -0.4 is 4.90 Å². The van der Waals surface area contributed by atoms with Crippen molar-refractivity contribution in [2.75, 3.05) is 38.1 Å². The summed E-state index contributed by atoms with van der Waals surface area (Å²) in [5, 5.41) is 2.95. The lowest BCUT2D eigenvalue weighted by Gasteiger charge is -2.34. The molecule has 4 rings (SSSR count). The zero-order valence-corrected chi connectivity index (χ0v) is 14.9. The Hall–Kier alpha value is -2.30. The first-order valence-electron chi connectivity index (χ1n) is 8.44. The highest BCUT2D eigenvalue weighted by molar-refractivity contribution is 6.32. The molecule has 0 saturated carbocycles. The number of aromatic nitrogens is 1. The number of rotatable bonds is 3. The van der Waals surface area contributed by atoms with Crippen LogP contribution in [0.4, 0.5) is 5.69 Å². The summed E-state index contributed by atoms with van der Waals surface area (Å²) >= 11 is 6.38. The molecule has 1 fully saturated rings. The maximum absolute atomic E-state index is 11.4. The van der Waals surface area contributed by atoms with E-state index in [4.69, 9.17) is 11.6 Å². The number of benzene rings is 2. The second kappa shape index (κ2) is 6.54. The third-order valence-electron chi connectivity index (χ3n) is 4.91. The van der Waals surface area contributed by atoms with Gasteiger partial charge in [0.15, 0.2) is 0 Å². The zero-order chi connectivity index (χ0) is 17.4. The number of hydrogen-bond donors (Lipinski definition) is 0. The summed E-state index contributed by atoms with van der Waals surface area (Å²) in [6, 6.07) is 12.2. The summed E-state index contributed by atoms with van der Waals surface area (Å²) in [5.41, 5.74) is 3.21. The van der Waals surface area contributed by atoms with Gasteiger partial charge in [0.2, 0.25) is 6.41 Å². The monoisotopic (exact) mass is 353 g/mol. The van der Waals surface area contributed by atoms with E-state index in [1.54, 1.807) is 4.57 Å². The number of nitrogens with zero attached hydrogens (tertiary/aromatic N) is 3. The molecule has 25 heavy (non-hydrogen) atoms. The molecule has 0 aliphatic carbocycles. The molecular weight excluding hydrogens is 334 g/mol. The first-order chi connectivity index (χ1) is 12.2. The SMILES string of the molecule is CN1CCN(c2cn(C=O)cc2-c2cc(Cl)cc3ccccc23)CC1. The average molecular weight is 354 g/mol. The number of piperazine rings is 1. The first-order valence-corrected chi connectivity index (χ1v) is 8.82. The van der Waals surface area contributed by atoms with Crippen LogP contribution in [0.25, 0.3) is 21.9 Å². The van der Waals surface area contributed by atoms with Gasteiger partial charge >= 0.3 is 0 Å². The van der Waals surface area contributed by atoms with Crippen molar-refractivity contribution in [2.24, 2.45) is 0 Å². The van der Waals surface area contributed by atoms with E-state index < -0.39 is 0 Å². The molecule has 5 heteroatoms. The smallest absolute Gasteiger partial charge is 0.217 e. The first kappa shape index (κ1) is 16.2. The van der Waals surface area contributed by atoms with Gasteiger partial charge in [0.05, 0.1) is 5.69 Å². The lowest BCUT2D eigenvalue weighted by Crippen LogP contribution is -2.44. The Balaban J connectivity index is 1.88. The van der Waals surface area contributed by atoms with Crippen LogP contribution in [0.1, 0.15) is 0 Å². The van der Waals surface area contributed by atoms with Crippen molar-refractivity contribution in [1.29, 1.82) is 0 Å². The molecule has 0 unspecified atom stereocenters. The highest BCUT2D eigenvalue weighted by Crippen LogP contribution is 2.38. The summed E-state index contributed by atoms with van der Waals surface area (Å²) in [6.45, 7) is 3.93. The third-order valence-corrected chi connectivity index (χ3v) is 5.13. The highest BCUT2D eigenvalue weighted by Gasteiger charge is 2.21. The maximum Gasteiger partial charge on any atom is 0.217 e. The fraction of sp³-hybridized carbons (Fsp3) is 0.250. The molecule has 0 N–H and O–H groups in total. The number of carbonyl (C=O) groups excluding carboxylic acids is 1. The molecule has 1 aliphatic rings. The largest absolute Gasteiger partial charge is 0.367 e. The van der Waals surface area contributed by atoms with Gasteiger partial charge in [-0.2, -0.15) is 0 Å². The lowest BCUT2D eigenvalue weighted by molar-refractivity contribution is 0.313. The fourth-order valence-electron chi connectivity index (χ4n) is 3.53. The minimum atomic E-state index is 0.705. The van der Waals surface area contributed by atoms with Crippen molar-refractivity contribution in [3.05, 3.63) is 53.8 Å². The molecule has 0 bridgehead atoms. The Morgan fingerprint density at radius 3 is 2.52 bits per heavy atom. The molecule has 4 nitrogen and oxygen atoms in total. The average Bonchev–Trinajstić information content (AvgIpc) is 3.06. The van der Waals surface area contributed by atoms with Crippen molar-refractivity contribution in [3.63, 3.8) is 0 Å². The number of carbonyl (C=O) groups is 1. The maximum atomic E-state index is 11.4. The van der Waals surface area contributed by atoms with Gasteiger partial charge in [-0.1, -0.05) is 35.9 Å². The minimum absolute atomic E-state index is 0.705. The minimum Gasteiger partial charge on any atom is -0.367 e. The van der Waals surface area contributed by atoms with Gasteiger partial charge in [0.1, 0.15) is 0 Å². The molecule has 0 amide bonds. The van der Waals surface area contributed by atoms with Gasteiger partial charge in [-0.3, -0.25) is 9.36 Å². The summed E-state index contributed by atoms with van der Waals surface area (Å²) in [4.78, 5) is 16.1. The summed E-state index contributed by atoms with van der Waals surface area (Å²) in [7, 11) is 2.14. The molecule has 3 aromatic rings. The predicted molar refractivity (Wildman–Crippen MR) is 104 cm³/mol. The standard InChI is InChI=1S/C20H20ClN3O/c1-22-6-8-24(9-7-22)20-13-23(14-25)12-19(20)18-11-16(21)10-15-4-2-3-5-17(15)18/h2-5,10-14H,6-9H2,1H3. The predicted octanol–water partition coefficient (Wildman–Crippen LogP) is 3.75. The quantitative estimate of drug-likeness (QED) is 0.671. The number of hydrogen-bond acceptors (Lipinski definition) is 3. The van der Waals surface area contributed by atoms with Crippen LogP contribution in [-0.2, 0) is 4.79 Å². The topological polar surface area (TPSA) is 28.5 Å². The Kier molecular flexibility index (Phi) is 4.24. The van der Waals surface area contributed by atoms with E-state index in [9.17, 15) is 4.79 Å². The summed E-state index contributed by atoms with van der Waals surface area (Å²) in [6.07, 6.45) is 4.66. The van der Waals surface area contributed by atoms with Gasteiger partial charge < -0.3 is 9.80 Å². The zero-order valence-electron chi connectivity index (χ0n) is 14.2. The fourth-order valence-corrected chi connectivity index (χ4v) is 3.75. The van der Waals surface area contributed by atoms with Gasteiger partial charge in [-0.25, -0.2) is 0 Å². The van der Waals surface area contributed by atoms with E-state index in [1.165, 1.54) is 0 Å². The Bertz CT molecular complexity index is 926. The van der Waals surface area contributed by atoms with Crippen molar-refractivity contribution >= 4 is 34.5 Å². The van der Waals surface area contributed by atoms with E-state index in [0.29, 0.717) is 5.02 Å². The Labute approximate surface area is 152 Å². The number of likely N-dealkylation sites (N-methyl/N-ethyl adjacent to an activating group) is 1. The summed E-state index contributed by atoms with van der Waals surface area (Å²) in [5.74, 6) is 0. The molecular formula is C20H20ClN3O. The van der Waals surface area contributed by atoms with Crippen LogP contribution in [-0.4, -0.2) is 49.1 Å². The van der Waals surface area contributed by atoms with Gasteiger partial charge in [-0.15, -0.1) is 0 Å². The Morgan fingerprint density at radius 2 is 1.76 bits per heavy atom. The van der Waals surface area contributed by atoms with Gasteiger partial charge in [0, 0.05) is 49.2 Å². The van der Waals surface area contributed by atoms with Crippen LogP contribution in [0.5, 0.6) is 0 Å². The van der Waals surface area contributed by atoms with Crippen LogP contribution >= 0.6 is 11.6 Å². The van der Waals surface area contributed by atoms with E-state index >= 15 is 0 Å². The van der Waals surface area contributed by atoms with Gasteiger partial charge in [-0.05, 0) is 35.5 Å². The third kappa shape index (κ3) is 3.03. The van der Waals surface area contributed by atoms with E-state index in [2.05, 4.69) is 29.0 Å². The Morgan fingerprint density at radius 1 is 1.00 bits per heavy atom. The van der Waals surface area contributed by atoms with E-state index in [1.807, 2.05) is 36.7 Å². The molecule has 0 spiro atoms. The molecule has 1 saturated heterocycles. The number of halogens is 1. The van der Waals surface area contributed by atoms with E-state index in [-0.39, 0.29) is 0 Å². The molecule has 0 atom stereocenters. The van der Waals surface area contributed by atoms with Crippen molar-refractivity contribution in [2.45, 2.75) is 0 Å². The van der Waals surface area contributed by atoms with E-state index in [0.717, 1.165) is 60.2 Å². The number of fused-ring (bicyclic) bond motifs is 1. The van der Waals surface area contributed by atoms with Crippen LogP contribution in [0.2, 0.25) is 5.02 Å². The normalized spacial score (nSPS) is 15.7. The molecule has 128 valence electrons. The van der Waals surface area contributed by atoms with Crippen molar-refractivity contribution < 1.29 is 4.79 Å². The molecule has 1 aromatic heterocycles. The van der Waals surface area contributed by atoms with Crippen LogP contribution in [0.15, 0.2) is 48.8 Å². The molecule has 0 radical (unpaired) electrons. The second-order valence-electron chi connectivity index (χ2n) is 6.57. The second-order valence-corrected chi connectivity index (χ2v) is 7.01. The lowest BCUT2D eigenvalue weighted by atomic mass is 9.99. The summed E-state index contributed by atoms with van der Waals surface area (Å²) < 4.78 is 1.60. The van der Waals surface area contributed by atoms with Gasteiger partial charge in [0.25, 0.3) is 0 Å². The van der Waals surface area contributed by atoms with Crippen molar-refractivity contribution in [1.82, 2.24) is 9.47 Å². The highest BCUT2D eigenvalue weighted by atomic mass is 35.5. The molecule has 2 aromatic carbocycles. The number of anilines is 1. The van der Waals surface area contributed by atoms with Crippen LogP contribution in [0.3, 0.4) is 0 Å².